The van der Waals surface area contributed by atoms with Crippen LogP contribution >= 0.6 is 0 Å². The summed E-state index contributed by atoms with van der Waals surface area (Å²) < 4.78 is 22.8. The predicted molar refractivity (Wildman–Crippen MR) is 103 cm³/mol. The fraction of sp³-hybridized carbons (Fsp3) is 0.409. The van der Waals surface area contributed by atoms with Gasteiger partial charge in [0.2, 0.25) is 12.5 Å². The van der Waals surface area contributed by atoms with Crippen LogP contribution in [0, 0.1) is 0 Å². The number of carbonyl (C=O) groups is 1. The molecule has 2 aromatic carbocycles. The normalized spacial score (nSPS) is 21.0. The Kier molecular flexibility index (Phi) is 5.13. The second-order valence-corrected chi connectivity index (χ2v) is 7.36. The Morgan fingerprint density at radius 3 is 2.79 bits per heavy atom. The van der Waals surface area contributed by atoms with Crippen LogP contribution in [-0.4, -0.2) is 33.5 Å². The zero-order valence-electron chi connectivity index (χ0n) is 16.5. The van der Waals surface area contributed by atoms with E-state index in [-0.39, 0.29) is 24.9 Å². The van der Waals surface area contributed by atoms with Gasteiger partial charge in [-0.15, -0.1) is 0 Å². The van der Waals surface area contributed by atoms with Crippen LogP contribution in [0.1, 0.15) is 42.2 Å². The Labute approximate surface area is 165 Å². The monoisotopic (exact) mass is 384 g/mol. The van der Waals surface area contributed by atoms with E-state index < -0.39 is 0 Å². The molecule has 0 aliphatic carbocycles. The van der Waals surface area contributed by atoms with Gasteiger partial charge in [0.05, 0.1) is 26.3 Å². The number of hydrogen-bond donors (Lipinski definition) is 1. The fourth-order valence-corrected chi connectivity index (χ4v) is 4.27. The molecule has 0 fully saturated rings. The summed E-state index contributed by atoms with van der Waals surface area (Å²) in [5, 5.41) is 0. The first-order valence-corrected chi connectivity index (χ1v) is 9.62. The lowest BCUT2D eigenvalue weighted by Gasteiger charge is -2.34. The first-order chi connectivity index (χ1) is 13.6. The van der Waals surface area contributed by atoms with E-state index in [1.165, 1.54) is 17.4 Å². The number of likely N-dealkylation sites (N-methyl/N-ethyl adjacent to an activating group) is 1. The summed E-state index contributed by atoms with van der Waals surface area (Å²) >= 11 is 0. The van der Waals surface area contributed by atoms with Crippen LogP contribution < -0.4 is 19.1 Å². The van der Waals surface area contributed by atoms with Crippen molar-refractivity contribution in [3.8, 4) is 17.2 Å². The van der Waals surface area contributed by atoms with Crippen LogP contribution in [0.3, 0.4) is 0 Å². The Morgan fingerprint density at radius 1 is 1.29 bits per heavy atom. The first-order valence-electron chi connectivity index (χ1n) is 9.62. The van der Waals surface area contributed by atoms with Crippen molar-refractivity contribution in [2.45, 2.75) is 31.9 Å². The Morgan fingerprint density at radius 2 is 2.07 bits per heavy atom. The van der Waals surface area contributed by atoms with Crippen molar-refractivity contribution in [1.29, 1.82) is 0 Å². The van der Waals surface area contributed by atoms with E-state index in [1.807, 2.05) is 30.3 Å². The van der Waals surface area contributed by atoms with Crippen molar-refractivity contribution >= 4 is 5.97 Å². The van der Waals surface area contributed by atoms with E-state index in [4.69, 9.17) is 18.9 Å². The SMILES string of the molecule is COc1c2c(cc3c1[C@@H](C[C@H](OC(C)=O)c1ccccc1)[NH+](C)CC3)OCO2. The van der Waals surface area contributed by atoms with Gasteiger partial charge in [-0.05, 0) is 17.2 Å². The highest BCUT2D eigenvalue weighted by Crippen LogP contribution is 2.48. The van der Waals surface area contributed by atoms with Crippen LogP contribution in [0.2, 0.25) is 0 Å². The summed E-state index contributed by atoms with van der Waals surface area (Å²) in [4.78, 5) is 13.1. The maximum absolute atomic E-state index is 11.8. The van der Waals surface area contributed by atoms with Crippen molar-refractivity contribution in [3.05, 3.63) is 53.1 Å². The number of ether oxygens (including phenoxy) is 4. The van der Waals surface area contributed by atoms with Gasteiger partial charge in [-0.25, -0.2) is 0 Å². The summed E-state index contributed by atoms with van der Waals surface area (Å²) in [6.45, 7) is 2.66. The van der Waals surface area contributed by atoms with Crippen LogP contribution in [0.15, 0.2) is 36.4 Å². The van der Waals surface area contributed by atoms with Crippen LogP contribution in [0.5, 0.6) is 17.2 Å². The number of benzene rings is 2. The van der Waals surface area contributed by atoms with Crippen LogP contribution in [-0.2, 0) is 16.0 Å². The number of fused-ring (bicyclic) bond motifs is 2. The van der Waals surface area contributed by atoms with Crippen molar-refractivity contribution in [3.63, 3.8) is 0 Å². The third-order valence-corrected chi connectivity index (χ3v) is 5.61. The van der Waals surface area contributed by atoms with E-state index in [0.717, 1.165) is 35.6 Å². The van der Waals surface area contributed by atoms with Crippen molar-refractivity contribution in [2.24, 2.45) is 0 Å². The molecule has 1 N–H and O–H groups in total. The molecular formula is C22H26NO5+. The largest absolute Gasteiger partial charge is 0.492 e. The number of nitrogens with one attached hydrogen (secondary N) is 1. The molecule has 2 aliphatic heterocycles. The van der Waals surface area contributed by atoms with Gasteiger partial charge < -0.3 is 23.8 Å². The van der Waals surface area contributed by atoms with Gasteiger partial charge in [0.15, 0.2) is 11.5 Å². The predicted octanol–water partition coefficient (Wildman–Crippen LogP) is 2.23. The third-order valence-electron chi connectivity index (χ3n) is 5.61. The topological polar surface area (TPSA) is 58.4 Å². The standard InChI is InChI=1S/C22H25NO5/c1-14(24)28-18(15-7-5-4-6-8-15)12-17-20-16(9-10-23(17)2)11-19-21(22(20)25-3)27-13-26-19/h4-8,11,17-18H,9-10,12-13H2,1-3H3/p+1/t17-,18+/m1/s1. The third kappa shape index (κ3) is 3.40. The second-order valence-electron chi connectivity index (χ2n) is 7.36. The maximum atomic E-state index is 11.8. The van der Waals surface area contributed by atoms with Gasteiger partial charge in [0.1, 0.15) is 12.1 Å². The molecule has 6 heteroatoms. The number of hydrogen-bond acceptors (Lipinski definition) is 5. The lowest BCUT2D eigenvalue weighted by atomic mass is 9.87. The summed E-state index contributed by atoms with van der Waals surface area (Å²) in [5.74, 6) is 1.88. The van der Waals surface area contributed by atoms with Crippen molar-refractivity contribution < 1.29 is 28.6 Å². The molecule has 4 rings (SSSR count). The summed E-state index contributed by atoms with van der Waals surface area (Å²) in [6, 6.07) is 12.1. The van der Waals surface area contributed by atoms with Crippen molar-refractivity contribution in [1.82, 2.24) is 0 Å². The van der Waals surface area contributed by atoms with Gasteiger partial charge >= 0.3 is 5.97 Å². The quantitative estimate of drug-likeness (QED) is 0.802. The Balaban J connectivity index is 1.74. The molecule has 0 bridgehead atoms. The first kappa shape index (κ1) is 18.6. The average Bonchev–Trinajstić information content (AvgIpc) is 3.16. The zero-order valence-corrected chi connectivity index (χ0v) is 16.5. The maximum Gasteiger partial charge on any atom is 0.303 e. The summed E-state index contributed by atoms with van der Waals surface area (Å²) in [6.07, 6.45) is 1.28. The van der Waals surface area contributed by atoms with Gasteiger partial charge in [-0.1, -0.05) is 30.3 Å². The molecule has 2 aliphatic rings. The fourth-order valence-electron chi connectivity index (χ4n) is 4.27. The number of quaternary nitrogens is 1. The van der Waals surface area contributed by atoms with E-state index in [2.05, 4.69) is 13.1 Å². The Bertz CT molecular complexity index is 867. The van der Waals surface area contributed by atoms with Crippen LogP contribution in [0.25, 0.3) is 0 Å². The molecule has 0 aromatic heterocycles. The van der Waals surface area contributed by atoms with Gasteiger partial charge in [-0.3, -0.25) is 4.79 Å². The minimum Gasteiger partial charge on any atom is -0.492 e. The number of rotatable bonds is 5. The lowest BCUT2D eigenvalue weighted by Crippen LogP contribution is -3.10. The molecule has 148 valence electrons. The highest BCUT2D eigenvalue weighted by atomic mass is 16.7. The molecule has 1 unspecified atom stereocenters. The minimum atomic E-state index is -0.320. The molecule has 0 saturated heterocycles. The second kappa shape index (κ2) is 7.72. The lowest BCUT2D eigenvalue weighted by molar-refractivity contribution is -0.915. The van der Waals surface area contributed by atoms with E-state index in [0.29, 0.717) is 12.2 Å². The molecule has 28 heavy (non-hydrogen) atoms. The molecular weight excluding hydrogens is 358 g/mol. The Hall–Kier alpha value is -2.73. The number of methoxy groups -OCH3 is 1. The van der Waals surface area contributed by atoms with E-state index in [9.17, 15) is 4.79 Å². The van der Waals surface area contributed by atoms with Gasteiger partial charge in [0.25, 0.3) is 0 Å². The number of carbonyl (C=O) groups excluding carboxylic acids is 1. The zero-order chi connectivity index (χ0) is 19.7. The van der Waals surface area contributed by atoms with E-state index in [1.54, 1.807) is 7.11 Å². The molecule has 0 radical (unpaired) electrons. The van der Waals surface area contributed by atoms with Crippen LogP contribution in [0.4, 0.5) is 0 Å². The highest BCUT2D eigenvalue weighted by Gasteiger charge is 2.38. The highest BCUT2D eigenvalue weighted by molar-refractivity contribution is 5.66. The smallest absolute Gasteiger partial charge is 0.303 e. The van der Waals surface area contributed by atoms with Gasteiger partial charge in [0, 0.05) is 19.8 Å². The molecule has 6 nitrogen and oxygen atoms in total. The molecule has 2 heterocycles. The summed E-state index contributed by atoms with van der Waals surface area (Å²) in [5.41, 5.74) is 3.34. The molecule has 0 saturated carbocycles. The van der Waals surface area contributed by atoms with Gasteiger partial charge in [-0.2, -0.15) is 0 Å². The minimum absolute atomic E-state index is 0.109. The number of esters is 1. The molecule has 3 atom stereocenters. The summed E-state index contributed by atoms with van der Waals surface area (Å²) in [7, 11) is 3.84. The molecule has 2 aromatic rings. The van der Waals surface area contributed by atoms with Crippen molar-refractivity contribution in [2.75, 3.05) is 27.5 Å². The molecule has 0 spiro atoms. The molecule has 0 amide bonds. The van der Waals surface area contributed by atoms with E-state index >= 15 is 0 Å². The average molecular weight is 384 g/mol.